The van der Waals surface area contributed by atoms with Gasteiger partial charge in [-0.05, 0) is 37.6 Å². The number of amides is 2. The minimum Gasteiger partial charge on any atom is -0.355 e. The van der Waals surface area contributed by atoms with Crippen LogP contribution in [0.2, 0.25) is 0 Å². The molecule has 0 spiro atoms. The SMILES string of the molecule is CNC(=O)c1cncc(C=CC(=O)N2CCCC(NC)C2)c1. The number of rotatable bonds is 4. The number of aromatic nitrogens is 1. The number of likely N-dealkylation sites (tertiary alicyclic amines) is 1. The lowest BCUT2D eigenvalue weighted by Crippen LogP contribution is -2.46. The average Bonchev–Trinajstić information content (AvgIpc) is 2.59. The lowest BCUT2D eigenvalue weighted by Gasteiger charge is -2.31. The zero-order valence-corrected chi connectivity index (χ0v) is 13.0. The highest BCUT2D eigenvalue weighted by Gasteiger charge is 2.20. The van der Waals surface area contributed by atoms with Gasteiger partial charge < -0.3 is 15.5 Å². The first-order valence-electron chi connectivity index (χ1n) is 7.45. The molecule has 1 aliphatic rings. The number of nitrogens with one attached hydrogen (secondary N) is 2. The summed E-state index contributed by atoms with van der Waals surface area (Å²) in [6.45, 7) is 1.52. The molecule has 6 nitrogen and oxygen atoms in total. The van der Waals surface area contributed by atoms with E-state index in [4.69, 9.17) is 0 Å². The van der Waals surface area contributed by atoms with Crippen LogP contribution in [0.25, 0.3) is 6.08 Å². The van der Waals surface area contributed by atoms with Crippen molar-refractivity contribution in [3.05, 3.63) is 35.7 Å². The van der Waals surface area contributed by atoms with E-state index in [0.717, 1.165) is 31.5 Å². The Bertz CT molecular complexity index is 571. The molecule has 0 radical (unpaired) electrons. The van der Waals surface area contributed by atoms with Crippen molar-refractivity contribution in [3.8, 4) is 0 Å². The van der Waals surface area contributed by atoms with Crippen LogP contribution in [-0.4, -0.2) is 54.9 Å². The Morgan fingerprint density at radius 2 is 2.18 bits per heavy atom. The number of carbonyl (C=O) groups is 2. The minimum absolute atomic E-state index is 0.00899. The highest BCUT2D eigenvalue weighted by Crippen LogP contribution is 2.11. The number of likely N-dealkylation sites (N-methyl/N-ethyl adjacent to an activating group) is 1. The van der Waals surface area contributed by atoms with Crippen LogP contribution < -0.4 is 10.6 Å². The largest absolute Gasteiger partial charge is 0.355 e. The molecule has 6 heteroatoms. The number of pyridine rings is 1. The number of piperidine rings is 1. The first-order valence-corrected chi connectivity index (χ1v) is 7.45. The van der Waals surface area contributed by atoms with Gasteiger partial charge in [-0.25, -0.2) is 0 Å². The van der Waals surface area contributed by atoms with Crippen LogP contribution >= 0.6 is 0 Å². The van der Waals surface area contributed by atoms with E-state index < -0.39 is 0 Å². The maximum absolute atomic E-state index is 12.2. The van der Waals surface area contributed by atoms with Gasteiger partial charge in [0.1, 0.15) is 0 Å². The van der Waals surface area contributed by atoms with E-state index in [0.29, 0.717) is 11.6 Å². The smallest absolute Gasteiger partial charge is 0.252 e. The molecule has 0 saturated carbocycles. The zero-order valence-electron chi connectivity index (χ0n) is 13.0. The van der Waals surface area contributed by atoms with Crippen LogP contribution in [0.3, 0.4) is 0 Å². The molecule has 1 aromatic rings. The van der Waals surface area contributed by atoms with Crippen molar-refractivity contribution in [3.63, 3.8) is 0 Å². The monoisotopic (exact) mass is 302 g/mol. The summed E-state index contributed by atoms with van der Waals surface area (Å²) in [5, 5.41) is 5.77. The van der Waals surface area contributed by atoms with E-state index in [9.17, 15) is 9.59 Å². The Morgan fingerprint density at radius 1 is 1.36 bits per heavy atom. The normalized spacial score (nSPS) is 18.5. The second kappa shape index (κ2) is 7.70. The standard InChI is InChI=1S/C16H22N4O2/c1-17-14-4-3-7-20(11-14)15(21)6-5-12-8-13(10-19-9-12)16(22)18-2/h5-6,8-10,14,17H,3-4,7,11H2,1-2H3,(H,18,22). The highest BCUT2D eigenvalue weighted by molar-refractivity contribution is 5.95. The third-order valence-corrected chi connectivity index (χ3v) is 3.81. The fraction of sp³-hybridized carbons (Fsp3) is 0.438. The molecule has 0 aromatic carbocycles. The van der Waals surface area contributed by atoms with E-state index in [1.54, 1.807) is 31.5 Å². The van der Waals surface area contributed by atoms with Crippen LogP contribution in [0.1, 0.15) is 28.8 Å². The van der Waals surface area contributed by atoms with Gasteiger partial charge in [-0.1, -0.05) is 0 Å². The molecule has 2 amide bonds. The topological polar surface area (TPSA) is 74.3 Å². The van der Waals surface area contributed by atoms with E-state index in [1.165, 1.54) is 6.20 Å². The van der Waals surface area contributed by atoms with Gasteiger partial charge in [0.05, 0.1) is 5.56 Å². The predicted molar refractivity (Wildman–Crippen MR) is 85.3 cm³/mol. The summed E-state index contributed by atoms with van der Waals surface area (Å²) in [4.78, 5) is 29.6. The fourth-order valence-electron chi connectivity index (χ4n) is 2.50. The van der Waals surface area contributed by atoms with Gasteiger partial charge in [-0.3, -0.25) is 14.6 Å². The third-order valence-electron chi connectivity index (χ3n) is 3.81. The Balaban J connectivity index is 2.02. The lowest BCUT2D eigenvalue weighted by molar-refractivity contribution is -0.127. The van der Waals surface area contributed by atoms with E-state index in [-0.39, 0.29) is 11.8 Å². The van der Waals surface area contributed by atoms with Gasteiger partial charge in [0, 0.05) is 44.6 Å². The van der Waals surface area contributed by atoms with Crippen molar-refractivity contribution in [1.29, 1.82) is 0 Å². The summed E-state index contributed by atoms with van der Waals surface area (Å²) in [6, 6.07) is 2.08. The van der Waals surface area contributed by atoms with Crippen LogP contribution in [0, 0.1) is 0 Å². The quantitative estimate of drug-likeness (QED) is 0.802. The Kier molecular flexibility index (Phi) is 5.66. The molecule has 2 rings (SSSR count). The zero-order chi connectivity index (χ0) is 15.9. The molecular weight excluding hydrogens is 280 g/mol. The van der Waals surface area contributed by atoms with Crippen molar-refractivity contribution in [2.75, 3.05) is 27.2 Å². The molecule has 1 unspecified atom stereocenters. The van der Waals surface area contributed by atoms with Gasteiger partial charge in [0.25, 0.3) is 5.91 Å². The first-order chi connectivity index (χ1) is 10.6. The molecule has 22 heavy (non-hydrogen) atoms. The Morgan fingerprint density at radius 3 is 2.91 bits per heavy atom. The summed E-state index contributed by atoms with van der Waals surface area (Å²) in [5.74, 6) is -0.202. The molecule has 0 aliphatic carbocycles. The van der Waals surface area contributed by atoms with Gasteiger partial charge in [0.15, 0.2) is 0 Å². The summed E-state index contributed by atoms with van der Waals surface area (Å²) in [5.41, 5.74) is 1.21. The molecule has 118 valence electrons. The summed E-state index contributed by atoms with van der Waals surface area (Å²) in [6.07, 6.45) is 8.48. The summed E-state index contributed by atoms with van der Waals surface area (Å²) >= 11 is 0. The van der Waals surface area contributed by atoms with Crippen molar-refractivity contribution in [2.45, 2.75) is 18.9 Å². The van der Waals surface area contributed by atoms with Gasteiger partial charge in [0.2, 0.25) is 5.91 Å². The van der Waals surface area contributed by atoms with Crippen molar-refractivity contribution >= 4 is 17.9 Å². The van der Waals surface area contributed by atoms with E-state index in [1.807, 2.05) is 11.9 Å². The Labute approximate surface area is 130 Å². The van der Waals surface area contributed by atoms with Crippen molar-refractivity contribution in [1.82, 2.24) is 20.5 Å². The van der Waals surface area contributed by atoms with Gasteiger partial charge >= 0.3 is 0 Å². The maximum atomic E-state index is 12.2. The maximum Gasteiger partial charge on any atom is 0.252 e. The molecular formula is C16H22N4O2. The number of carbonyl (C=O) groups excluding carboxylic acids is 2. The molecule has 1 saturated heterocycles. The molecule has 0 bridgehead atoms. The third kappa shape index (κ3) is 4.14. The molecule has 1 atom stereocenters. The fourth-order valence-corrected chi connectivity index (χ4v) is 2.50. The van der Waals surface area contributed by atoms with Crippen LogP contribution in [-0.2, 0) is 4.79 Å². The number of nitrogens with zero attached hydrogens (tertiary/aromatic N) is 2. The number of hydrogen-bond acceptors (Lipinski definition) is 4. The number of hydrogen-bond donors (Lipinski definition) is 2. The lowest BCUT2D eigenvalue weighted by atomic mass is 10.1. The summed E-state index contributed by atoms with van der Waals surface area (Å²) < 4.78 is 0. The Hall–Kier alpha value is -2.21. The molecule has 1 aliphatic heterocycles. The molecule has 1 fully saturated rings. The minimum atomic E-state index is -0.193. The van der Waals surface area contributed by atoms with Gasteiger partial charge in [-0.15, -0.1) is 0 Å². The average molecular weight is 302 g/mol. The molecule has 1 aromatic heterocycles. The molecule has 2 heterocycles. The predicted octanol–water partition coefficient (Wildman–Crippen LogP) is 0.665. The second-order valence-electron chi connectivity index (χ2n) is 5.33. The summed E-state index contributed by atoms with van der Waals surface area (Å²) in [7, 11) is 3.49. The van der Waals surface area contributed by atoms with E-state index >= 15 is 0 Å². The van der Waals surface area contributed by atoms with Crippen molar-refractivity contribution in [2.24, 2.45) is 0 Å². The highest BCUT2D eigenvalue weighted by atomic mass is 16.2. The first kappa shape index (κ1) is 16.2. The van der Waals surface area contributed by atoms with Crippen LogP contribution in [0.4, 0.5) is 0 Å². The van der Waals surface area contributed by atoms with Crippen LogP contribution in [0.5, 0.6) is 0 Å². The second-order valence-corrected chi connectivity index (χ2v) is 5.33. The van der Waals surface area contributed by atoms with Crippen molar-refractivity contribution < 1.29 is 9.59 Å². The van der Waals surface area contributed by atoms with E-state index in [2.05, 4.69) is 15.6 Å². The molecule has 2 N–H and O–H groups in total. The van der Waals surface area contributed by atoms with Crippen LogP contribution in [0.15, 0.2) is 24.5 Å². The van der Waals surface area contributed by atoms with Gasteiger partial charge in [-0.2, -0.15) is 0 Å².